The predicted molar refractivity (Wildman–Crippen MR) is 210 cm³/mol. The first-order valence-electron chi connectivity index (χ1n) is 17.7. The zero-order valence-corrected chi connectivity index (χ0v) is 29.9. The summed E-state index contributed by atoms with van der Waals surface area (Å²) in [6.07, 6.45) is 0. The maximum atomic E-state index is 2.52. The highest BCUT2D eigenvalue weighted by Crippen LogP contribution is 2.62. The van der Waals surface area contributed by atoms with Gasteiger partial charge in [-0.3, -0.25) is 0 Å². The molecule has 2 nitrogen and oxygen atoms in total. The fourth-order valence-electron chi connectivity index (χ4n) is 9.16. The van der Waals surface area contributed by atoms with Crippen LogP contribution in [0.1, 0.15) is 63.8 Å². The average Bonchev–Trinajstić information content (AvgIpc) is 3.63. The summed E-state index contributed by atoms with van der Waals surface area (Å²) in [6, 6.07) is 45.4. The topological polar surface area (TPSA) is 9.86 Å². The number of hydrogen-bond donors (Lipinski definition) is 0. The smallest absolute Gasteiger partial charge is 0.0544 e. The van der Waals surface area contributed by atoms with Crippen molar-refractivity contribution < 1.29 is 0 Å². The van der Waals surface area contributed by atoms with Crippen molar-refractivity contribution in [2.24, 2.45) is 5.41 Å². The first-order chi connectivity index (χ1) is 23.4. The standard InChI is InChI=1S/C47H44N2/c1-29-25-31(48-41-18-12-9-15-35(41)36-16-10-13-19-42(36)48)21-23-33(29)34-24-22-32(26-30(34)2)49-43-20-14-11-17-37(43)38-27-39-40(28-44(38)49)46(5,6)47(7,8)45(39,3)4/h9-28H,1-8H3. The van der Waals surface area contributed by atoms with Gasteiger partial charge >= 0.3 is 0 Å². The minimum Gasteiger partial charge on any atom is -0.309 e. The van der Waals surface area contributed by atoms with Crippen molar-refractivity contribution in [1.29, 1.82) is 0 Å². The second kappa shape index (κ2) is 9.98. The zero-order chi connectivity index (χ0) is 34.0. The van der Waals surface area contributed by atoms with Crippen LogP contribution >= 0.6 is 0 Å². The van der Waals surface area contributed by atoms with Crippen LogP contribution in [-0.2, 0) is 10.8 Å². The number of fused-ring (bicyclic) bond motifs is 7. The number of hydrogen-bond acceptors (Lipinski definition) is 0. The highest BCUT2D eigenvalue weighted by Gasteiger charge is 2.57. The molecule has 0 saturated heterocycles. The second-order valence-electron chi connectivity index (χ2n) is 16.0. The van der Waals surface area contributed by atoms with E-state index in [9.17, 15) is 0 Å². The van der Waals surface area contributed by atoms with E-state index < -0.39 is 0 Å². The second-order valence-corrected chi connectivity index (χ2v) is 16.0. The Balaban J connectivity index is 1.18. The van der Waals surface area contributed by atoms with Crippen molar-refractivity contribution in [3.63, 3.8) is 0 Å². The molecule has 2 heteroatoms. The lowest BCUT2D eigenvalue weighted by Gasteiger charge is -2.44. The third-order valence-electron chi connectivity index (χ3n) is 13.1. The largest absolute Gasteiger partial charge is 0.309 e. The molecule has 9 rings (SSSR count). The summed E-state index contributed by atoms with van der Waals surface area (Å²) in [5, 5.41) is 5.24. The van der Waals surface area contributed by atoms with Crippen LogP contribution in [0.2, 0.25) is 0 Å². The summed E-state index contributed by atoms with van der Waals surface area (Å²) >= 11 is 0. The molecule has 0 radical (unpaired) electrons. The van der Waals surface area contributed by atoms with Crippen LogP contribution in [-0.4, -0.2) is 9.13 Å². The van der Waals surface area contributed by atoms with Crippen LogP contribution in [0.5, 0.6) is 0 Å². The molecule has 0 fully saturated rings. The molecule has 2 aromatic heterocycles. The number of aromatic nitrogens is 2. The van der Waals surface area contributed by atoms with Gasteiger partial charge in [0.1, 0.15) is 0 Å². The van der Waals surface area contributed by atoms with Gasteiger partial charge in [-0.25, -0.2) is 0 Å². The Bertz CT molecular complexity index is 2600. The summed E-state index contributed by atoms with van der Waals surface area (Å²) in [5.74, 6) is 0. The van der Waals surface area contributed by atoms with Gasteiger partial charge in [0, 0.05) is 32.9 Å². The van der Waals surface area contributed by atoms with Gasteiger partial charge < -0.3 is 9.13 Å². The number of aryl methyl sites for hydroxylation is 2. The van der Waals surface area contributed by atoms with Crippen molar-refractivity contribution >= 4 is 43.6 Å². The molecule has 49 heavy (non-hydrogen) atoms. The maximum Gasteiger partial charge on any atom is 0.0544 e. The molecular weight excluding hydrogens is 593 g/mol. The van der Waals surface area contributed by atoms with Crippen LogP contribution < -0.4 is 0 Å². The van der Waals surface area contributed by atoms with Crippen molar-refractivity contribution in [3.05, 3.63) is 144 Å². The highest BCUT2D eigenvalue weighted by atomic mass is 15.0. The van der Waals surface area contributed by atoms with E-state index >= 15 is 0 Å². The Morgan fingerprint density at radius 2 is 0.776 bits per heavy atom. The van der Waals surface area contributed by atoms with E-state index in [1.54, 1.807) is 0 Å². The summed E-state index contributed by atoms with van der Waals surface area (Å²) < 4.78 is 4.90. The van der Waals surface area contributed by atoms with Crippen molar-refractivity contribution in [2.45, 2.75) is 66.2 Å². The maximum absolute atomic E-state index is 2.52. The molecule has 1 aliphatic rings. The lowest BCUT2D eigenvalue weighted by molar-refractivity contribution is 0.125. The molecule has 0 atom stereocenters. The van der Waals surface area contributed by atoms with Gasteiger partial charge in [-0.15, -0.1) is 0 Å². The van der Waals surface area contributed by atoms with Crippen LogP contribution in [0.4, 0.5) is 0 Å². The Morgan fingerprint density at radius 1 is 0.388 bits per heavy atom. The van der Waals surface area contributed by atoms with E-state index in [1.807, 2.05) is 0 Å². The zero-order valence-electron chi connectivity index (χ0n) is 29.9. The fourth-order valence-corrected chi connectivity index (χ4v) is 9.16. The Kier molecular flexibility index (Phi) is 6.11. The lowest BCUT2D eigenvalue weighted by atomic mass is 9.59. The van der Waals surface area contributed by atoms with E-state index in [4.69, 9.17) is 0 Å². The molecule has 0 spiro atoms. The molecule has 0 N–H and O–H groups in total. The number of benzene rings is 6. The van der Waals surface area contributed by atoms with Gasteiger partial charge in [-0.05, 0) is 118 Å². The van der Waals surface area contributed by atoms with Gasteiger partial charge in [0.25, 0.3) is 0 Å². The predicted octanol–water partition coefficient (Wildman–Crippen LogP) is 12.8. The average molecular weight is 637 g/mol. The van der Waals surface area contributed by atoms with Crippen LogP contribution in [0.3, 0.4) is 0 Å². The fraction of sp³-hybridized carbons (Fsp3) is 0.234. The highest BCUT2D eigenvalue weighted by molar-refractivity contribution is 6.10. The van der Waals surface area contributed by atoms with E-state index in [1.165, 1.54) is 88.4 Å². The van der Waals surface area contributed by atoms with E-state index in [2.05, 4.69) is 186 Å². The molecule has 0 amide bonds. The summed E-state index contributed by atoms with van der Waals surface area (Å²) in [6.45, 7) is 19.2. The molecule has 0 saturated carbocycles. The Hall–Kier alpha value is -5.08. The molecular formula is C47H44N2. The molecule has 1 aliphatic carbocycles. The van der Waals surface area contributed by atoms with Crippen LogP contribution in [0.15, 0.2) is 121 Å². The Labute approximate surface area is 289 Å². The van der Waals surface area contributed by atoms with E-state index in [0.717, 1.165) is 0 Å². The number of para-hydroxylation sites is 3. The van der Waals surface area contributed by atoms with Crippen LogP contribution in [0, 0.1) is 19.3 Å². The van der Waals surface area contributed by atoms with Gasteiger partial charge in [0.2, 0.25) is 0 Å². The van der Waals surface area contributed by atoms with Gasteiger partial charge in [0.15, 0.2) is 0 Å². The minimum atomic E-state index is 0.0456. The van der Waals surface area contributed by atoms with Gasteiger partial charge in [0.05, 0.1) is 22.1 Å². The first-order valence-corrected chi connectivity index (χ1v) is 17.7. The van der Waals surface area contributed by atoms with E-state index in [0.29, 0.717) is 0 Å². The minimum absolute atomic E-state index is 0.0456. The summed E-state index contributed by atoms with van der Waals surface area (Å²) in [7, 11) is 0. The normalized spacial score (nSPS) is 16.2. The van der Waals surface area contributed by atoms with E-state index in [-0.39, 0.29) is 16.2 Å². The summed E-state index contributed by atoms with van der Waals surface area (Å²) in [5.41, 5.74) is 15.7. The number of rotatable bonds is 3. The van der Waals surface area contributed by atoms with Gasteiger partial charge in [-0.2, -0.15) is 0 Å². The molecule has 0 aliphatic heterocycles. The molecule has 0 bridgehead atoms. The third kappa shape index (κ3) is 3.89. The first kappa shape index (κ1) is 30.0. The summed E-state index contributed by atoms with van der Waals surface area (Å²) in [4.78, 5) is 0. The third-order valence-corrected chi connectivity index (χ3v) is 13.1. The molecule has 6 aromatic carbocycles. The molecule has 242 valence electrons. The van der Waals surface area contributed by atoms with Crippen LogP contribution in [0.25, 0.3) is 66.1 Å². The quantitative estimate of drug-likeness (QED) is 0.183. The molecule has 8 aromatic rings. The monoisotopic (exact) mass is 636 g/mol. The molecule has 0 unspecified atom stereocenters. The Morgan fingerprint density at radius 3 is 1.22 bits per heavy atom. The van der Waals surface area contributed by atoms with Crippen molar-refractivity contribution in [1.82, 2.24) is 9.13 Å². The van der Waals surface area contributed by atoms with Crippen molar-refractivity contribution in [3.8, 4) is 22.5 Å². The SMILES string of the molecule is Cc1cc(-n2c3ccccc3c3ccccc32)ccc1-c1ccc(-n2c3ccccc3c3cc4c(cc32)C(C)(C)C(C)(C)C4(C)C)cc1C. The lowest BCUT2D eigenvalue weighted by Crippen LogP contribution is -2.42. The van der Waals surface area contributed by atoms with Crippen molar-refractivity contribution in [2.75, 3.05) is 0 Å². The molecule has 2 heterocycles. The number of nitrogens with zero attached hydrogens (tertiary/aromatic N) is 2. The van der Waals surface area contributed by atoms with Gasteiger partial charge in [-0.1, -0.05) is 108 Å².